The van der Waals surface area contributed by atoms with Crippen molar-refractivity contribution in [2.24, 2.45) is 0 Å². The molecule has 18 heavy (non-hydrogen) atoms. The van der Waals surface area contributed by atoms with Crippen LogP contribution in [0.25, 0.3) is 0 Å². The van der Waals surface area contributed by atoms with E-state index in [1.807, 2.05) is 37.3 Å². The van der Waals surface area contributed by atoms with E-state index in [2.05, 4.69) is 31.9 Å². The minimum atomic E-state index is 0.00270. The van der Waals surface area contributed by atoms with Gasteiger partial charge in [-0.2, -0.15) is 0 Å². The zero-order chi connectivity index (χ0) is 13.1. The normalized spacial score (nSPS) is 10.4. The van der Waals surface area contributed by atoms with Crippen LogP contribution in [0.5, 0.6) is 5.75 Å². The molecule has 1 heterocycles. The third-order valence-electron chi connectivity index (χ3n) is 2.27. The van der Waals surface area contributed by atoms with Crippen LogP contribution in [-0.4, -0.2) is 12.4 Å². The van der Waals surface area contributed by atoms with Crippen molar-refractivity contribution < 1.29 is 9.53 Å². The number of hydrogen-bond donors (Lipinski definition) is 0. The molecule has 0 aliphatic heterocycles. The fourth-order valence-corrected chi connectivity index (χ4v) is 3.34. The van der Waals surface area contributed by atoms with Crippen LogP contribution in [-0.2, 0) is 0 Å². The van der Waals surface area contributed by atoms with Gasteiger partial charge >= 0.3 is 0 Å². The highest BCUT2D eigenvalue weighted by atomic mass is 79.9. The fraction of sp³-hybridized carbons (Fsp3) is 0.154. The number of halogens is 2. The minimum Gasteiger partial charge on any atom is -0.484 e. The number of carbonyl (C=O) groups excluding carboxylic acids is 1. The third kappa shape index (κ3) is 3.43. The van der Waals surface area contributed by atoms with Crippen LogP contribution in [0.4, 0.5) is 0 Å². The summed E-state index contributed by atoms with van der Waals surface area (Å²) in [5, 5.41) is 0. The van der Waals surface area contributed by atoms with Gasteiger partial charge in [-0.15, -0.1) is 11.3 Å². The first-order valence-corrected chi connectivity index (χ1v) is 7.64. The van der Waals surface area contributed by atoms with E-state index in [0.29, 0.717) is 5.75 Å². The van der Waals surface area contributed by atoms with E-state index in [1.54, 1.807) is 0 Å². The van der Waals surface area contributed by atoms with E-state index in [-0.39, 0.29) is 12.4 Å². The number of carbonyl (C=O) groups is 1. The first kappa shape index (κ1) is 13.8. The lowest BCUT2D eigenvalue weighted by atomic mass is 10.3. The molecule has 0 radical (unpaired) electrons. The molecule has 0 aliphatic rings. The van der Waals surface area contributed by atoms with Crippen molar-refractivity contribution in [2.45, 2.75) is 6.92 Å². The quantitative estimate of drug-likeness (QED) is 0.699. The maximum Gasteiger partial charge on any atom is 0.210 e. The van der Waals surface area contributed by atoms with Gasteiger partial charge in [0.2, 0.25) is 5.78 Å². The second-order valence-electron chi connectivity index (χ2n) is 3.70. The average molecular weight is 390 g/mol. The van der Waals surface area contributed by atoms with Crippen LogP contribution in [0.3, 0.4) is 0 Å². The predicted octanol–water partition coefficient (Wildman–Crippen LogP) is 4.84. The molecule has 0 amide bonds. The van der Waals surface area contributed by atoms with Gasteiger partial charge < -0.3 is 4.74 Å². The number of aryl methyl sites for hydroxylation is 1. The summed E-state index contributed by atoms with van der Waals surface area (Å²) in [6, 6.07) is 9.35. The van der Waals surface area contributed by atoms with Gasteiger partial charge in [0.05, 0.1) is 9.35 Å². The van der Waals surface area contributed by atoms with Crippen molar-refractivity contribution in [1.29, 1.82) is 0 Å². The molecule has 0 N–H and O–H groups in total. The lowest BCUT2D eigenvalue weighted by Crippen LogP contribution is -2.10. The summed E-state index contributed by atoms with van der Waals surface area (Å²) in [7, 11) is 0. The van der Waals surface area contributed by atoms with Gasteiger partial charge in [-0.3, -0.25) is 4.79 Å². The number of rotatable bonds is 4. The molecule has 0 fully saturated rings. The zero-order valence-electron chi connectivity index (χ0n) is 9.57. The van der Waals surface area contributed by atoms with Crippen LogP contribution >= 0.6 is 43.2 Å². The number of Topliss-reactive ketones (excluding diaryl/α,β-unsaturated/α-hetero) is 1. The van der Waals surface area contributed by atoms with Crippen LogP contribution < -0.4 is 4.74 Å². The molecule has 1 aromatic heterocycles. The fourth-order valence-electron chi connectivity index (χ4n) is 1.39. The van der Waals surface area contributed by atoms with Crippen molar-refractivity contribution in [2.75, 3.05) is 6.61 Å². The summed E-state index contributed by atoms with van der Waals surface area (Å²) in [4.78, 5) is 13.7. The molecule has 0 saturated carbocycles. The number of ketones is 1. The van der Waals surface area contributed by atoms with Crippen molar-refractivity contribution in [3.05, 3.63) is 49.0 Å². The second-order valence-corrected chi connectivity index (χ2v) is 6.75. The number of thiophene rings is 1. The Morgan fingerprint density at radius 3 is 2.67 bits per heavy atom. The van der Waals surface area contributed by atoms with Gasteiger partial charge in [0.15, 0.2) is 6.61 Å². The monoisotopic (exact) mass is 388 g/mol. The SMILES string of the molecule is Cc1ccc(C(=O)COc2ccc(Br)cc2Br)s1. The molecule has 0 bridgehead atoms. The molecule has 1 aromatic carbocycles. The van der Waals surface area contributed by atoms with E-state index in [1.165, 1.54) is 11.3 Å². The van der Waals surface area contributed by atoms with Gasteiger partial charge in [-0.05, 0) is 53.2 Å². The van der Waals surface area contributed by atoms with E-state index in [0.717, 1.165) is 18.7 Å². The van der Waals surface area contributed by atoms with Crippen LogP contribution in [0, 0.1) is 6.92 Å². The summed E-state index contributed by atoms with van der Waals surface area (Å²) in [5.41, 5.74) is 0. The smallest absolute Gasteiger partial charge is 0.210 e. The first-order chi connectivity index (χ1) is 8.56. The van der Waals surface area contributed by atoms with E-state index < -0.39 is 0 Å². The minimum absolute atomic E-state index is 0.00270. The number of ether oxygens (including phenoxy) is 1. The molecule has 5 heteroatoms. The average Bonchev–Trinajstić information content (AvgIpc) is 2.74. The highest BCUT2D eigenvalue weighted by Gasteiger charge is 2.10. The Bertz CT molecular complexity index is 578. The molecule has 0 saturated heterocycles. The Morgan fingerprint density at radius 1 is 1.28 bits per heavy atom. The lowest BCUT2D eigenvalue weighted by Gasteiger charge is -2.07. The van der Waals surface area contributed by atoms with Gasteiger partial charge in [-0.25, -0.2) is 0 Å². The molecule has 2 rings (SSSR count). The third-order valence-corrected chi connectivity index (χ3v) is 4.42. The molecule has 94 valence electrons. The molecule has 2 aromatic rings. The Labute approximate surface area is 126 Å². The molecular formula is C13H10Br2O2S. The highest BCUT2D eigenvalue weighted by Crippen LogP contribution is 2.28. The van der Waals surface area contributed by atoms with Crippen LogP contribution in [0.1, 0.15) is 14.5 Å². The Hall–Kier alpha value is -0.650. The van der Waals surface area contributed by atoms with E-state index in [9.17, 15) is 4.79 Å². The van der Waals surface area contributed by atoms with Crippen molar-refractivity contribution in [1.82, 2.24) is 0 Å². The Morgan fingerprint density at radius 2 is 2.06 bits per heavy atom. The molecule has 2 nitrogen and oxygen atoms in total. The van der Waals surface area contributed by atoms with Gasteiger partial charge in [0.25, 0.3) is 0 Å². The highest BCUT2D eigenvalue weighted by molar-refractivity contribution is 9.11. The second kappa shape index (κ2) is 5.99. The summed E-state index contributed by atoms with van der Waals surface area (Å²) >= 11 is 8.25. The van der Waals surface area contributed by atoms with E-state index >= 15 is 0 Å². The summed E-state index contributed by atoms with van der Waals surface area (Å²) in [6.45, 7) is 2.04. The van der Waals surface area contributed by atoms with E-state index in [4.69, 9.17) is 4.74 Å². The van der Waals surface area contributed by atoms with Crippen LogP contribution in [0.15, 0.2) is 39.3 Å². The zero-order valence-corrected chi connectivity index (χ0v) is 13.6. The summed E-state index contributed by atoms with van der Waals surface area (Å²) in [5.74, 6) is 0.669. The van der Waals surface area contributed by atoms with Crippen molar-refractivity contribution in [3.63, 3.8) is 0 Å². The largest absolute Gasteiger partial charge is 0.484 e. The van der Waals surface area contributed by atoms with Gasteiger partial charge in [-0.1, -0.05) is 15.9 Å². The van der Waals surface area contributed by atoms with Crippen molar-refractivity contribution >= 4 is 49.0 Å². The molecule has 0 aliphatic carbocycles. The molecule has 0 atom stereocenters. The number of hydrogen-bond acceptors (Lipinski definition) is 3. The maximum absolute atomic E-state index is 11.9. The van der Waals surface area contributed by atoms with Gasteiger partial charge in [0, 0.05) is 9.35 Å². The Balaban J connectivity index is 2.01. The number of benzene rings is 1. The lowest BCUT2D eigenvalue weighted by molar-refractivity contribution is 0.0925. The summed E-state index contributed by atoms with van der Waals surface area (Å²) in [6.07, 6.45) is 0. The molecule has 0 unspecified atom stereocenters. The summed E-state index contributed by atoms with van der Waals surface area (Å²) < 4.78 is 7.29. The maximum atomic E-state index is 11.9. The molecular weight excluding hydrogens is 380 g/mol. The first-order valence-electron chi connectivity index (χ1n) is 5.24. The standard InChI is InChI=1S/C13H10Br2O2S/c1-8-2-5-13(18-8)11(16)7-17-12-4-3-9(14)6-10(12)15/h2-6H,7H2,1H3. The van der Waals surface area contributed by atoms with Crippen molar-refractivity contribution in [3.8, 4) is 5.75 Å². The van der Waals surface area contributed by atoms with Crippen LogP contribution in [0.2, 0.25) is 0 Å². The Kier molecular flexibility index (Phi) is 4.59. The predicted molar refractivity (Wildman–Crippen MR) is 80.7 cm³/mol. The van der Waals surface area contributed by atoms with Gasteiger partial charge in [0.1, 0.15) is 5.75 Å². The molecule has 0 spiro atoms. The topological polar surface area (TPSA) is 26.3 Å².